The van der Waals surface area contributed by atoms with Gasteiger partial charge in [-0.1, -0.05) is 6.42 Å². The van der Waals surface area contributed by atoms with Crippen LogP contribution in [-0.2, 0) is 4.79 Å². The predicted octanol–water partition coefficient (Wildman–Crippen LogP) is 1.16. The van der Waals surface area contributed by atoms with Crippen molar-refractivity contribution in [3.63, 3.8) is 0 Å². The summed E-state index contributed by atoms with van der Waals surface area (Å²) in [6, 6.07) is 0.275. The fraction of sp³-hybridized carbons (Fsp3) is 0.875. The van der Waals surface area contributed by atoms with Gasteiger partial charge in [-0.05, 0) is 19.4 Å². The predicted molar refractivity (Wildman–Crippen MR) is 47.6 cm³/mol. The number of halogens is 1. The quantitative estimate of drug-likeness (QED) is 0.681. The zero-order valence-corrected chi connectivity index (χ0v) is 7.76. The summed E-state index contributed by atoms with van der Waals surface area (Å²) < 4.78 is 0. The highest BCUT2D eigenvalue weighted by atomic mass is 35.5. The summed E-state index contributed by atoms with van der Waals surface area (Å²) in [4.78, 5) is 12.4. The minimum absolute atomic E-state index is 0.136. The van der Waals surface area contributed by atoms with E-state index >= 15 is 0 Å². The van der Waals surface area contributed by atoms with Crippen molar-refractivity contribution >= 4 is 17.6 Å². The summed E-state index contributed by atoms with van der Waals surface area (Å²) in [5.41, 5.74) is 0. The normalized spacial score (nSPS) is 25.6. The average molecular weight is 192 g/mol. The number of carboxylic acid groups (broad SMARTS) is 1. The van der Waals surface area contributed by atoms with Gasteiger partial charge in [-0.15, -0.1) is 11.6 Å². The molecule has 12 heavy (non-hydrogen) atoms. The van der Waals surface area contributed by atoms with Crippen LogP contribution in [0, 0.1) is 0 Å². The smallest absolute Gasteiger partial charge is 0.317 e. The van der Waals surface area contributed by atoms with Crippen molar-refractivity contribution in [3.8, 4) is 0 Å². The van der Waals surface area contributed by atoms with Crippen LogP contribution < -0.4 is 0 Å². The van der Waals surface area contributed by atoms with Crippen molar-refractivity contribution < 1.29 is 9.90 Å². The highest BCUT2D eigenvalue weighted by molar-refractivity contribution is 6.18. The van der Waals surface area contributed by atoms with Crippen molar-refractivity contribution in [2.24, 2.45) is 0 Å². The van der Waals surface area contributed by atoms with Gasteiger partial charge in [0.05, 0.1) is 6.54 Å². The molecule has 1 saturated heterocycles. The third-order valence-corrected chi connectivity index (χ3v) is 2.62. The monoisotopic (exact) mass is 191 g/mol. The molecule has 0 aromatic carbocycles. The van der Waals surface area contributed by atoms with Crippen LogP contribution in [0.1, 0.15) is 19.3 Å². The molecule has 1 heterocycles. The second-order valence-corrected chi connectivity index (χ2v) is 3.48. The van der Waals surface area contributed by atoms with Gasteiger partial charge in [-0.2, -0.15) is 0 Å². The van der Waals surface area contributed by atoms with Crippen LogP contribution in [0.4, 0.5) is 0 Å². The Kier molecular flexibility index (Phi) is 3.82. The van der Waals surface area contributed by atoms with Gasteiger partial charge in [0.25, 0.3) is 0 Å². The van der Waals surface area contributed by atoms with E-state index in [9.17, 15) is 4.79 Å². The van der Waals surface area contributed by atoms with Gasteiger partial charge in [-0.3, -0.25) is 9.69 Å². The summed E-state index contributed by atoms with van der Waals surface area (Å²) in [5.74, 6) is -0.209. The molecule has 0 spiro atoms. The van der Waals surface area contributed by atoms with Gasteiger partial charge in [0, 0.05) is 11.9 Å². The van der Waals surface area contributed by atoms with Gasteiger partial charge in [0.1, 0.15) is 0 Å². The molecule has 0 unspecified atom stereocenters. The van der Waals surface area contributed by atoms with Crippen molar-refractivity contribution in [1.29, 1.82) is 0 Å². The molecule has 3 nitrogen and oxygen atoms in total. The van der Waals surface area contributed by atoms with Gasteiger partial charge < -0.3 is 5.11 Å². The maximum Gasteiger partial charge on any atom is 0.317 e. The number of rotatable bonds is 3. The Morgan fingerprint density at radius 2 is 2.33 bits per heavy atom. The lowest BCUT2D eigenvalue weighted by atomic mass is 10.0. The number of hydrogen-bond donors (Lipinski definition) is 1. The van der Waals surface area contributed by atoms with E-state index in [4.69, 9.17) is 16.7 Å². The van der Waals surface area contributed by atoms with E-state index < -0.39 is 5.97 Å². The third kappa shape index (κ3) is 2.64. The first-order valence-corrected chi connectivity index (χ1v) is 4.79. The maximum atomic E-state index is 10.4. The lowest BCUT2D eigenvalue weighted by molar-refractivity contribution is -0.139. The molecule has 70 valence electrons. The number of hydrogen-bond acceptors (Lipinski definition) is 2. The highest BCUT2D eigenvalue weighted by Crippen LogP contribution is 2.17. The Labute approximate surface area is 77.3 Å². The summed E-state index contributed by atoms with van der Waals surface area (Å²) >= 11 is 5.72. The van der Waals surface area contributed by atoms with Gasteiger partial charge in [0.15, 0.2) is 0 Å². The molecule has 0 bridgehead atoms. The Bertz CT molecular complexity index is 163. The van der Waals surface area contributed by atoms with E-state index in [0.29, 0.717) is 5.88 Å². The summed E-state index contributed by atoms with van der Waals surface area (Å²) in [7, 11) is 0. The SMILES string of the molecule is O=C(O)CN1CCCC[C@@H]1CCl. The molecule has 0 saturated carbocycles. The number of piperidine rings is 1. The topological polar surface area (TPSA) is 40.5 Å². The summed E-state index contributed by atoms with van der Waals surface area (Å²) in [5, 5.41) is 8.59. The fourth-order valence-corrected chi connectivity index (χ4v) is 1.97. The first-order chi connectivity index (χ1) is 5.74. The molecule has 1 aliphatic rings. The van der Waals surface area contributed by atoms with E-state index in [2.05, 4.69) is 0 Å². The number of carbonyl (C=O) groups is 1. The minimum Gasteiger partial charge on any atom is -0.480 e. The number of carboxylic acids is 1. The molecule has 4 heteroatoms. The lowest BCUT2D eigenvalue weighted by Gasteiger charge is -2.32. The first-order valence-electron chi connectivity index (χ1n) is 4.26. The number of aliphatic carboxylic acids is 1. The fourth-order valence-electron chi connectivity index (χ4n) is 1.62. The Balaban J connectivity index is 2.41. The summed E-state index contributed by atoms with van der Waals surface area (Å²) in [6.45, 7) is 1.01. The van der Waals surface area contributed by atoms with E-state index in [1.54, 1.807) is 0 Å². The second-order valence-electron chi connectivity index (χ2n) is 3.17. The number of likely N-dealkylation sites (tertiary alicyclic amines) is 1. The largest absolute Gasteiger partial charge is 0.480 e. The molecule has 1 aliphatic heterocycles. The molecule has 1 N–H and O–H groups in total. The Hall–Kier alpha value is -0.280. The van der Waals surface area contributed by atoms with Crippen LogP contribution in [0.3, 0.4) is 0 Å². The minimum atomic E-state index is -0.757. The maximum absolute atomic E-state index is 10.4. The molecule has 0 amide bonds. The zero-order chi connectivity index (χ0) is 8.97. The molecule has 0 radical (unpaired) electrons. The van der Waals surface area contributed by atoms with Crippen LogP contribution in [0.15, 0.2) is 0 Å². The first kappa shape index (κ1) is 9.81. The molecular formula is C8H14ClNO2. The van der Waals surface area contributed by atoms with E-state index in [0.717, 1.165) is 19.4 Å². The molecule has 0 aliphatic carbocycles. The standard InChI is InChI=1S/C8H14ClNO2/c9-5-7-3-1-2-4-10(7)6-8(11)12/h7H,1-6H2,(H,11,12)/t7-/m1/s1. The van der Waals surface area contributed by atoms with Crippen LogP contribution in [0.2, 0.25) is 0 Å². The van der Waals surface area contributed by atoms with Crippen molar-refractivity contribution in [2.75, 3.05) is 19.0 Å². The molecule has 1 atom stereocenters. The average Bonchev–Trinajstić information content (AvgIpc) is 2.04. The summed E-state index contributed by atoms with van der Waals surface area (Å²) in [6.07, 6.45) is 3.31. The van der Waals surface area contributed by atoms with E-state index in [1.165, 1.54) is 6.42 Å². The third-order valence-electron chi connectivity index (χ3n) is 2.27. The lowest BCUT2D eigenvalue weighted by Crippen LogP contribution is -2.43. The van der Waals surface area contributed by atoms with E-state index in [1.807, 2.05) is 4.90 Å². The van der Waals surface area contributed by atoms with Crippen LogP contribution >= 0.6 is 11.6 Å². The van der Waals surface area contributed by atoms with Gasteiger partial charge >= 0.3 is 5.97 Å². The van der Waals surface area contributed by atoms with Crippen LogP contribution in [0.5, 0.6) is 0 Å². The van der Waals surface area contributed by atoms with Crippen molar-refractivity contribution in [3.05, 3.63) is 0 Å². The Morgan fingerprint density at radius 1 is 1.58 bits per heavy atom. The Morgan fingerprint density at radius 3 is 2.92 bits per heavy atom. The van der Waals surface area contributed by atoms with Crippen LogP contribution in [0.25, 0.3) is 0 Å². The molecule has 1 fully saturated rings. The zero-order valence-electron chi connectivity index (χ0n) is 7.00. The van der Waals surface area contributed by atoms with Crippen molar-refractivity contribution in [1.82, 2.24) is 4.90 Å². The molecule has 0 aromatic rings. The number of nitrogens with zero attached hydrogens (tertiary/aromatic N) is 1. The molecular weight excluding hydrogens is 178 g/mol. The second kappa shape index (κ2) is 4.67. The molecule has 0 aromatic heterocycles. The highest BCUT2D eigenvalue weighted by Gasteiger charge is 2.22. The number of alkyl halides is 1. The van der Waals surface area contributed by atoms with Gasteiger partial charge in [-0.25, -0.2) is 0 Å². The van der Waals surface area contributed by atoms with E-state index in [-0.39, 0.29) is 12.6 Å². The van der Waals surface area contributed by atoms with Crippen LogP contribution in [-0.4, -0.2) is 41.0 Å². The molecule has 1 rings (SSSR count). The van der Waals surface area contributed by atoms with Crippen molar-refractivity contribution in [2.45, 2.75) is 25.3 Å². The van der Waals surface area contributed by atoms with Gasteiger partial charge in [0.2, 0.25) is 0 Å².